The summed E-state index contributed by atoms with van der Waals surface area (Å²) in [5.41, 5.74) is 3.29. The number of aliphatic hydroxyl groups excluding tert-OH is 1. The molecule has 2 atom stereocenters. The molecule has 1 aliphatic heterocycles. The summed E-state index contributed by atoms with van der Waals surface area (Å²) in [6.07, 6.45) is 0. The van der Waals surface area contributed by atoms with Crippen molar-refractivity contribution in [1.82, 2.24) is 10.3 Å². The van der Waals surface area contributed by atoms with Crippen molar-refractivity contribution < 1.29 is 14.3 Å². The fraction of sp³-hybridized carbons (Fsp3) is 0.148. The molecule has 0 fully saturated rings. The van der Waals surface area contributed by atoms with E-state index < -0.39 is 11.5 Å². The van der Waals surface area contributed by atoms with Gasteiger partial charge in [0.25, 0.3) is 5.91 Å². The molecule has 0 bridgehead atoms. The van der Waals surface area contributed by atoms with Crippen molar-refractivity contribution in [2.75, 3.05) is 0 Å². The standard InChI is InChI=1S/C27H23FN2O2/c1-16-20-15-19(28)13-14-21(20)29-24(16)22(17-9-5-3-6-10-17)23-25(31)27(2,30-26(23)32)18-11-7-4-8-12-18/h3-15,22,29,31H,1-2H3,(H,30,32)/t22?,27-/m1/s1. The fourth-order valence-electron chi connectivity index (χ4n) is 4.71. The number of amides is 1. The van der Waals surface area contributed by atoms with Crippen LogP contribution in [-0.4, -0.2) is 16.0 Å². The fourth-order valence-corrected chi connectivity index (χ4v) is 4.71. The first-order valence-electron chi connectivity index (χ1n) is 10.5. The Kier molecular flexibility index (Phi) is 4.63. The maximum atomic E-state index is 13.9. The molecule has 1 aromatic heterocycles. The summed E-state index contributed by atoms with van der Waals surface area (Å²) in [5.74, 6) is -1.20. The largest absolute Gasteiger partial charge is 0.509 e. The Hall–Kier alpha value is -3.86. The van der Waals surface area contributed by atoms with Crippen LogP contribution in [0, 0.1) is 12.7 Å². The molecule has 1 amide bonds. The number of carbonyl (C=O) groups is 1. The third kappa shape index (κ3) is 3.01. The van der Waals surface area contributed by atoms with E-state index in [-0.39, 0.29) is 23.1 Å². The van der Waals surface area contributed by atoms with Crippen molar-refractivity contribution in [3.63, 3.8) is 0 Å². The second-order valence-corrected chi connectivity index (χ2v) is 8.40. The van der Waals surface area contributed by atoms with E-state index in [2.05, 4.69) is 10.3 Å². The highest BCUT2D eigenvalue weighted by Gasteiger charge is 2.46. The molecule has 0 saturated carbocycles. The minimum absolute atomic E-state index is 0.00760. The first-order valence-corrected chi connectivity index (χ1v) is 10.5. The molecule has 0 aliphatic carbocycles. The second kappa shape index (κ2) is 7.38. The van der Waals surface area contributed by atoms with Crippen molar-refractivity contribution in [1.29, 1.82) is 0 Å². The SMILES string of the molecule is Cc1c(C(C2=C(O)[C@@](C)(c3ccccc3)NC2=O)c2ccccc2)[nH]c2ccc(F)cc12. The molecule has 3 aromatic carbocycles. The molecule has 5 rings (SSSR count). The van der Waals surface area contributed by atoms with Gasteiger partial charge in [0.15, 0.2) is 0 Å². The van der Waals surface area contributed by atoms with Gasteiger partial charge in [-0.15, -0.1) is 0 Å². The third-order valence-electron chi connectivity index (χ3n) is 6.46. The molecule has 2 heterocycles. The summed E-state index contributed by atoms with van der Waals surface area (Å²) in [5, 5.41) is 15.2. The number of nitrogens with one attached hydrogen (secondary N) is 2. The van der Waals surface area contributed by atoms with Gasteiger partial charge in [-0.25, -0.2) is 4.39 Å². The first-order chi connectivity index (χ1) is 15.4. The van der Waals surface area contributed by atoms with E-state index in [1.165, 1.54) is 12.1 Å². The first kappa shape index (κ1) is 20.1. The van der Waals surface area contributed by atoms with Gasteiger partial charge in [-0.2, -0.15) is 0 Å². The number of aromatic amines is 1. The van der Waals surface area contributed by atoms with Crippen LogP contribution in [0.3, 0.4) is 0 Å². The summed E-state index contributed by atoms with van der Waals surface area (Å²) >= 11 is 0. The Morgan fingerprint density at radius 1 is 0.969 bits per heavy atom. The maximum Gasteiger partial charge on any atom is 0.252 e. The van der Waals surface area contributed by atoms with Crippen LogP contribution in [0.4, 0.5) is 4.39 Å². The molecular weight excluding hydrogens is 403 g/mol. The van der Waals surface area contributed by atoms with Crippen LogP contribution in [-0.2, 0) is 10.3 Å². The van der Waals surface area contributed by atoms with Crippen LogP contribution in [0.2, 0.25) is 0 Å². The van der Waals surface area contributed by atoms with Crippen molar-refractivity contribution in [2.24, 2.45) is 0 Å². The van der Waals surface area contributed by atoms with Gasteiger partial charge in [-0.1, -0.05) is 60.7 Å². The number of aromatic nitrogens is 1. The molecule has 3 N–H and O–H groups in total. The van der Waals surface area contributed by atoms with Crippen molar-refractivity contribution in [3.8, 4) is 0 Å². The number of carbonyl (C=O) groups excluding carboxylic acids is 1. The van der Waals surface area contributed by atoms with Gasteiger partial charge >= 0.3 is 0 Å². The minimum Gasteiger partial charge on any atom is -0.509 e. The molecule has 0 saturated heterocycles. The predicted octanol–water partition coefficient (Wildman–Crippen LogP) is 5.60. The number of H-pyrrole nitrogens is 1. The summed E-state index contributed by atoms with van der Waals surface area (Å²) in [6, 6.07) is 23.6. The zero-order chi connectivity index (χ0) is 22.5. The van der Waals surface area contributed by atoms with Crippen molar-refractivity contribution in [3.05, 3.63) is 118 Å². The Labute approximate surface area is 185 Å². The Morgan fingerprint density at radius 3 is 2.31 bits per heavy atom. The number of fused-ring (bicyclic) bond motifs is 1. The van der Waals surface area contributed by atoms with Crippen LogP contribution in [0.15, 0.2) is 90.2 Å². The maximum absolute atomic E-state index is 13.9. The number of halogens is 1. The average Bonchev–Trinajstić information content (AvgIpc) is 3.24. The number of benzene rings is 3. The van der Waals surface area contributed by atoms with Crippen LogP contribution in [0.1, 0.15) is 35.2 Å². The Morgan fingerprint density at radius 2 is 1.62 bits per heavy atom. The number of hydrogen-bond acceptors (Lipinski definition) is 2. The second-order valence-electron chi connectivity index (χ2n) is 8.40. The molecule has 160 valence electrons. The smallest absolute Gasteiger partial charge is 0.252 e. The third-order valence-corrected chi connectivity index (χ3v) is 6.46. The van der Waals surface area contributed by atoms with Crippen LogP contribution in [0.25, 0.3) is 10.9 Å². The number of hydrogen-bond donors (Lipinski definition) is 3. The highest BCUT2D eigenvalue weighted by molar-refractivity contribution is 6.01. The Bertz CT molecular complexity index is 1360. The highest BCUT2D eigenvalue weighted by atomic mass is 19.1. The van der Waals surface area contributed by atoms with Gasteiger partial charge in [0.05, 0.1) is 11.5 Å². The quantitative estimate of drug-likeness (QED) is 0.397. The van der Waals surface area contributed by atoms with Gasteiger partial charge in [0.2, 0.25) is 0 Å². The van der Waals surface area contributed by atoms with E-state index in [0.717, 1.165) is 33.3 Å². The van der Waals surface area contributed by atoms with Crippen LogP contribution >= 0.6 is 0 Å². The molecule has 0 spiro atoms. The Balaban J connectivity index is 1.76. The molecule has 4 nitrogen and oxygen atoms in total. The summed E-state index contributed by atoms with van der Waals surface area (Å²) < 4.78 is 13.9. The lowest BCUT2D eigenvalue weighted by Crippen LogP contribution is -2.39. The normalized spacial score (nSPS) is 19.4. The number of rotatable bonds is 4. The summed E-state index contributed by atoms with van der Waals surface area (Å²) in [4.78, 5) is 16.7. The van der Waals surface area contributed by atoms with E-state index in [9.17, 15) is 14.3 Å². The lowest BCUT2D eigenvalue weighted by Gasteiger charge is -2.25. The van der Waals surface area contributed by atoms with E-state index in [1.807, 2.05) is 67.6 Å². The van der Waals surface area contributed by atoms with E-state index in [4.69, 9.17) is 0 Å². The van der Waals surface area contributed by atoms with Gasteiger partial charge in [0, 0.05) is 16.6 Å². The lowest BCUT2D eigenvalue weighted by atomic mass is 9.83. The topological polar surface area (TPSA) is 65.1 Å². The van der Waals surface area contributed by atoms with E-state index >= 15 is 0 Å². The van der Waals surface area contributed by atoms with Crippen molar-refractivity contribution >= 4 is 16.8 Å². The minimum atomic E-state index is -1.03. The highest BCUT2D eigenvalue weighted by Crippen LogP contribution is 2.44. The van der Waals surface area contributed by atoms with Crippen molar-refractivity contribution in [2.45, 2.75) is 25.3 Å². The van der Waals surface area contributed by atoms with Gasteiger partial charge in [-0.05, 0) is 48.7 Å². The molecule has 32 heavy (non-hydrogen) atoms. The van der Waals surface area contributed by atoms with Gasteiger partial charge in [0.1, 0.15) is 17.1 Å². The molecule has 4 aromatic rings. The monoisotopic (exact) mass is 426 g/mol. The lowest BCUT2D eigenvalue weighted by molar-refractivity contribution is -0.118. The van der Waals surface area contributed by atoms with E-state index in [1.54, 1.807) is 13.0 Å². The predicted molar refractivity (Wildman–Crippen MR) is 123 cm³/mol. The summed E-state index contributed by atoms with van der Waals surface area (Å²) in [6.45, 7) is 3.71. The zero-order valence-corrected chi connectivity index (χ0v) is 17.8. The number of aryl methyl sites for hydroxylation is 1. The molecule has 1 aliphatic rings. The number of aliphatic hydroxyl groups is 1. The van der Waals surface area contributed by atoms with Gasteiger partial charge in [-0.3, -0.25) is 4.79 Å². The van der Waals surface area contributed by atoms with E-state index in [0.29, 0.717) is 0 Å². The zero-order valence-electron chi connectivity index (χ0n) is 17.8. The summed E-state index contributed by atoms with van der Waals surface area (Å²) in [7, 11) is 0. The van der Waals surface area contributed by atoms with Gasteiger partial charge < -0.3 is 15.4 Å². The molecular formula is C27H23FN2O2. The van der Waals surface area contributed by atoms with Crippen LogP contribution in [0.5, 0.6) is 0 Å². The molecule has 5 heteroatoms. The molecule has 1 unspecified atom stereocenters. The average molecular weight is 426 g/mol. The molecule has 0 radical (unpaired) electrons. The van der Waals surface area contributed by atoms with Crippen LogP contribution < -0.4 is 5.32 Å².